The SMILES string of the molecule is Cc1cccc2c1OC(N)=C(C#N)C2C(C#N)C#N. The Labute approximate surface area is 110 Å². The number of ether oxygens (including phenoxy) is 1. The number of benzene rings is 1. The monoisotopic (exact) mass is 250 g/mol. The third-order valence-corrected chi connectivity index (χ3v) is 3.10. The first-order valence-electron chi connectivity index (χ1n) is 5.60. The van der Waals surface area contributed by atoms with Gasteiger partial charge in [0.25, 0.3) is 0 Å². The summed E-state index contributed by atoms with van der Waals surface area (Å²) in [7, 11) is 0. The molecule has 92 valence electrons. The predicted octanol–water partition coefficient (Wildman–Crippen LogP) is 1.83. The number of hydrogen-bond donors (Lipinski definition) is 1. The summed E-state index contributed by atoms with van der Waals surface area (Å²) in [4.78, 5) is 0. The molecule has 0 saturated carbocycles. The average Bonchev–Trinajstić information content (AvgIpc) is 2.41. The molecule has 1 aromatic carbocycles. The molecule has 0 aromatic heterocycles. The molecule has 2 rings (SSSR count). The largest absolute Gasteiger partial charge is 0.440 e. The second-order valence-corrected chi connectivity index (χ2v) is 4.20. The highest BCUT2D eigenvalue weighted by atomic mass is 16.5. The van der Waals surface area contributed by atoms with Crippen molar-refractivity contribution in [2.24, 2.45) is 11.7 Å². The summed E-state index contributed by atoms with van der Waals surface area (Å²) in [5, 5.41) is 27.4. The fourth-order valence-electron chi connectivity index (χ4n) is 2.18. The summed E-state index contributed by atoms with van der Waals surface area (Å²) in [6, 6.07) is 11.1. The smallest absolute Gasteiger partial charge is 0.205 e. The van der Waals surface area contributed by atoms with E-state index in [9.17, 15) is 5.26 Å². The summed E-state index contributed by atoms with van der Waals surface area (Å²) in [6.07, 6.45) is 0. The van der Waals surface area contributed by atoms with Gasteiger partial charge in [0.1, 0.15) is 17.7 Å². The molecule has 1 heterocycles. The Hall–Kier alpha value is -2.97. The molecule has 0 amide bonds. The van der Waals surface area contributed by atoms with Crippen molar-refractivity contribution < 1.29 is 4.74 Å². The van der Waals surface area contributed by atoms with E-state index >= 15 is 0 Å². The topological polar surface area (TPSA) is 107 Å². The summed E-state index contributed by atoms with van der Waals surface area (Å²) in [5.41, 5.74) is 7.35. The van der Waals surface area contributed by atoms with E-state index in [2.05, 4.69) is 0 Å². The maximum Gasteiger partial charge on any atom is 0.205 e. The minimum Gasteiger partial charge on any atom is -0.440 e. The van der Waals surface area contributed by atoms with Crippen molar-refractivity contribution in [1.29, 1.82) is 15.8 Å². The molecule has 1 aromatic rings. The molecular formula is C14H10N4O. The zero-order valence-electron chi connectivity index (χ0n) is 10.2. The molecule has 1 aliphatic heterocycles. The van der Waals surface area contributed by atoms with Crippen molar-refractivity contribution >= 4 is 0 Å². The van der Waals surface area contributed by atoms with Gasteiger partial charge in [-0.25, -0.2) is 0 Å². The van der Waals surface area contributed by atoms with Gasteiger partial charge < -0.3 is 10.5 Å². The Morgan fingerprint density at radius 1 is 1.26 bits per heavy atom. The van der Waals surface area contributed by atoms with Gasteiger partial charge in [0.15, 0.2) is 0 Å². The number of aryl methyl sites for hydroxylation is 1. The van der Waals surface area contributed by atoms with Gasteiger partial charge in [0.2, 0.25) is 5.88 Å². The van der Waals surface area contributed by atoms with E-state index in [-0.39, 0.29) is 11.5 Å². The van der Waals surface area contributed by atoms with E-state index < -0.39 is 11.8 Å². The Bertz CT molecular complexity index is 671. The molecule has 0 spiro atoms. The molecular weight excluding hydrogens is 240 g/mol. The highest BCUT2D eigenvalue weighted by Gasteiger charge is 2.36. The lowest BCUT2D eigenvalue weighted by Gasteiger charge is -2.27. The zero-order chi connectivity index (χ0) is 14.0. The van der Waals surface area contributed by atoms with Crippen LogP contribution >= 0.6 is 0 Å². The third-order valence-electron chi connectivity index (χ3n) is 3.10. The van der Waals surface area contributed by atoms with Crippen molar-refractivity contribution in [2.75, 3.05) is 0 Å². The number of hydrogen-bond acceptors (Lipinski definition) is 5. The second-order valence-electron chi connectivity index (χ2n) is 4.20. The van der Waals surface area contributed by atoms with E-state index in [1.54, 1.807) is 12.1 Å². The molecule has 19 heavy (non-hydrogen) atoms. The van der Waals surface area contributed by atoms with Crippen LogP contribution in [0.15, 0.2) is 29.7 Å². The molecule has 1 aliphatic rings. The quantitative estimate of drug-likeness (QED) is 0.818. The number of rotatable bonds is 1. The summed E-state index contributed by atoms with van der Waals surface area (Å²) in [5.74, 6) is -1.15. The van der Waals surface area contributed by atoms with Gasteiger partial charge >= 0.3 is 0 Å². The minimum atomic E-state index is -0.974. The van der Waals surface area contributed by atoms with Crippen LogP contribution in [0.4, 0.5) is 0 Å². The molecule has 2 N–H and O–H groups in total. The molecule has 1 unspecified atom stereocenters. The molecule has 0 aliphatic carbocycles. The number of para-hydroxylation sites is 1. The molecule has 0 fully saturated rings. The first-order chi connectivity index (χ1) is 9.13. The van der Waals surface area contributed by atoms with Crippen molar-refractivity contribution in [3.05, 3.63) is 40.8 Å². The number of nitriles is 3. The van der Waals surface area contributed by atoms with Crippen LogP contribution in [0.25, 0.3) is 0 Å². The van der Waals surface area contributed by atoms with Gasteiger partial charge in [0, 0.05) is 5.56 Å². The van der Waals surface area contributed by atoms with Gasteiger partial charge in [0.05, 0.1) is 23.6 Å². The van der Waals surface area contributed by atoms with Crippen LogP contribution in [0, 0.1) is 46.8 Å². The summed E-state index contributed by atoms with van der Waals surface area (Å²) < 4.78 is 5.45. The molecule has 0 bridgehead atoms. The van der Waals surface area contributed by atoms with Crippen molar-refractivity contribution in [1.82, 2.24) is 0 Å². The fraction of sp³-hybridized carbons (Fsp3) is 0.214. The maximum absolute atomic E-state index is 9.18. The maximum atomic E-state index is 9.18. The van der Waals surface area contributed by atoms with E-state index in [4.69, 9.17) is 21.0 Å². The number of nitrogens with two attached hydrogens (primary N) is 1. The normalized spacial score (nSPS) is 16.9. The lowest BCUT2D eigenvalue weighted by Crippen LogP contribution is -2.24. The van der Waals surface area contributed by atoms with E-state index in [1.807, 2.05) is 31.2 Å². The first kappa shape index (κ1) is 12.5. The van der Waals surface area contributed by atoms with Crippen molar-refractivity contribution in [3.63, 3.8) is 0 Å². The van der Waals surface area contributed by atoms with Crippen molar-refractivity contribution in [2.45, 2.75) is 12.8 Å². The highest BCUT2D eigenvalue weighted by Crippen LogP contribution is 2.43. The number of nitrogens with zero attached hydrogens (tertiary/aromatic N) is 3. The Morgan fingerprint density at radius 2 is 1.95 bits per heavy atom. The van der Waals surface area contributed by atoms with Crippen LogP contribution in [0.1, 0.15) is 17.0 Å². The Balaban J connectivity index is 2.70. The van der Waals surface area contributed by atoms with Crippen LogP contribution < -0.4 is 10.5 Å². The van der Waals surface area contributed by atoms with Gasteiger partial charge in [-0.2, -0.15) is 15.8 Å². The standard InChI is InChI=1S/C14H10N4O/c1-8-3-2-4-10-12(9(5-15)6-16)11(7-17)14(18)19-13(8)10/h2-4,9,12H,18H2,1H3. The number of fused-ring (bicyclic) bond motifs is 1. The van der Waals surface area contributed by atoms with E-state index in [0.29, 0.717) is 11.3 Å². The highest BCUT2D eigenvalue weighted by molar-refractivity contribution is 5.54. The predicted molar refractivity (Wildman–Crippen MR) is 66.1 cm³/mol. The Kier molecular flexibility index (Phi) is 3.10. The minimum absolute atomic E-state index is 0.0372. The van der Waals surface area contributed by atoms with Gasteiger partial charge in [-0.1, -0.05) is 18.2 Å². The van der Waals surface area contributed by atoms with Gasteiger partial charge in [-0.15, -0.1) is 0 Å². The summed E-state index contributed by atoms with van der Waals surface area (Å²) in [6.45, 7) is 1.84. The average molecular weight is 250 g/mol. The molecule has 5 nitrogen and oxygen atoms in total. The number of allylic oxidation sites excluding steroid dienone is 1. The summed E-state index contributed by atoms with van der Waals surface area (Å²) >= 11 is 0. The van der Waals surface area contributed by atoms with Crippen LogP contribution in [-0.2, 0) is 0 Å². The zero-order valence-corrected chi connectivity index (χ0v) is 10.2. The van der Waals surface area contributed by atoms with E-state index in [0.717, 1.165) is 5.56 Å². The van der Waals surface area contributed by atoms with Crippen LogP contribution in [0.5, 0.6) is 5.75 Å². The second kappa shape index (κ2) is 4.72. The van der Waals surface area contributed by atoms with Crippen LogP contribution in [-0.4, -0.2) is 0 Å². The van der Waals surface area contributed by atoms with Crippen LogP contribution in [0.3, 0.4) is 0 Å². The van der Waals surface area contributed by atoms with Gasteiger partial charge in [-0.3, -0.25) is 0 Å². The molecule has 5 heteroatoms. The van der Waals surface area contributed by atoms with Gasteiger partial charge in [-0.05, 0) is 12.5 Å². The third kappa shape index (κ3) is 1.86. The molecule has 0 saturated heterocycles. The van der Waals surface area contributed by atoms with Crippen molar-refractivity contribution in [3.8, 4) is 24.0 Å². The lowest BCUT2D eigenvalue weighted by molar-refractivity contribution is 0.380. The lowest BCUT2D eigenvalue weighted by atomic mass is 9.80. The first-order valence-corrected chi connectivity index (χ1v) is 5.60. The van der Waals surface area contributed by atoms with E-state index in [1.165, 1.54) is 0 Å². The Morgan fingerprint density at radius 3 is 2.53 bits per heavy atom. The fourth-order valence-corrected chi connectivity index (χ4v) is 2.18. The molecule has 1 atom stereocenters. The van der Waals surface area contributed by atoms with Crippen LogP contribution in [0.2, 0.25) is 0 Å². The molecule has 0 radical (unpaired) electrons.